The van der Waals surface area contributed by atoms with Gasteiger partial charge in [0.1, 0.15) is 0 Å². The molecule has 0 amide bonds. The Kier molecular flexibility index (Phi) is 10.1. The summed E-state index contributed by atoms with van der Waals surface area (Å²) < 4.78 is 2.67. The van der Waals surface area contributed by atoms with Crippen LogP contribution in [-0.4, -0.2) is 0 Å². The molecule has 9 aromatic rings. The summed E-state index contributed by atoms with van der Waals surface area (Å²) in [5.41, 5.74) is 18.8. The normalized spacial score (nSPS) is 12.4. The summed E-state index contributed by atoms with van der Waals surface area (Å²) in [5.74, 6) is 1.38. The third-order valence-electron chi connectivity index (χ3n) is 13.2. The predicted octanol–water partition coefficient (Wildman–Crippen LogP) is 18.3. The molecular weight excluding hydrogens is 741 g/mol. The van der Waals surface area contributed by atoms with E-state index in [-0.39, 0.29) is 5.41 Å². The Morgan fingerprint density at radius 3 is 1.27 bits per heavy atom. The standard InChI is InChI=1S/C59H58S/c1-34(2)46-32-50(35(3)4)58(51(33-46)36(5)6)45-14-12-13-40(27-45)42-17-23-48-38(8)53-29-43(18-24-49(53)37(7)52(48)28-42)44-20-26-57-55(31-44)54-30-41(19-25-56(54)60-57)39-15-21-47(22-16-39)59(9,10)11/h12-36H,1-11H3. The van der Waals surface area contributed by atoms with Crippen LogP contribution in [-0.2, 0) is 5.41 Å². The van der Waals surface area contributed by atoms with Crippen molar-refractivity contribution in [3.05, 3.63) is 167 Å². The lowest BCUT2D eigenvalue weighted by molar-refractivity contribution is 0.590. The lowest BCUT2D eigenvalue weighted by Gasteiger charge is -2.23. The number of hydrogen-bond acceptors (Lipinski definition) is 1. The molecule has 300 valence electrons. The van der Waals surface area contributed by atoms with Gasteiger partial charge in [-0.2, -0.15) is 0 Å². The predicted molar refractivity (Wildman–Crippen MR) is 267 cm³/mol. The Balaban J connectivity index is 1.09. The molecule has 0 N–H and O–H groups in total. The Bertz CT molecular complexity index is 3070. The molecule has 9 rings (SSSR count). The quantitative estimate of drug-likeness (QED) is 0.141. The van der Waals surface area contributed by atoms with E-state index in [4.69, 9.17) is 0 Å². The highest BCUT2D eigenvalue weighted by Gasteiger charge is 2.20. The maximum atomic E-state index is 2.47. The van der Waals surface area contributed by atoms with Crippen molar-refractivity contribution in [3.8, 4) is 44.5 Å². The molecule has 0 fully saturated rings. The minimum absolute atomic E-state index is 0.143. The number of thiophene rings is 1. The fourth-order valence-electron chi connectivity index (χ4n) is 9.45. The van der Waals surface area contributed by atoms with Crippen LogP contribution in [0.25, 0.3) is 86.2 Å². The number of rotatable bonds is 7. The van der Waals surface area contributed by atoms with E-state index in [0.717, 1.165) is 0 Å². The highest BCUT2D eigenvalue weighted by molar-refractivity contribution is 7.25. The molecule has 0 atom stereocenters. The first-order valence-electron chi connectivity index (χ1n) is 22.0. The summed E-state index contributed by atoms with van der Waals surface area (Å²) in [6.07, 6.45) is 0. The Morgan fingerprint density at radius 2 is 0.800 bits per heavy atom. The summed E-state index contributed by atoms with van der Waals surface area (Å²) in [4.78, 5) is 0. The monoisotopic (exact) mass is 798 g/mol. The molecule has 0 aliphatic carbocycles. The molecule has 0 saturated carbocycles. The minimum Gasteiger partial charge on any atom is -0.135 e. The second kappa shape index (κ2) is 15.2. The van der Waals surface area contributed by atoms with Gasteiger partial charge in [-0.15, -0.1) is 11.3 Å². The average molecular weight is 799 g/mol. The van der Waals surface area contributed by atoms with Crippen LogP contribution >= 0.6 is 11.3 Å². The van der Waals surface area contributed by atoms with Gasteiger partial charge in [-0.1, -0.05) is 153 Å². The van der Waals surface area contributed by atoms with Crippen molar-refractivity contribution in [1.82, 2.24) is 0 Å². The van der Waals surface area contributed by atoms with Crippen LogP contribution in [0.3, 0.4) is 0 Å². The van der Waals surface area contributed by atoms with Crippen LogP contribution in [0.2, 0.25) is 0 Å². The Hall–Kier alpha value is -5.50. The first-order valence-corrected chi connectivity index (χ1v) is 22.8. The summed E-state index contributed by atoms with van der Waals surface area (Å²) in [6.45, 7) is 25.4. The zero-order chi connectivity index (χ0) is 42.2. The highest BCUT2D eigenvalue weighted by atomic mass is 32.1. The van der Waals surface area contributed by atoms with E-state index in [9.17, 15) is 0 Å². The third kappa shape index (κ3) is 7.05. The molecule has 1 heterocycles. The molecule has 8 aromatic carbocycles. The van der Waals surface area contributed by atoms with Gasteiger partial charge in [-0.05, 0) is 179 Å². The molecule has 0 bridgehead atoms. The molecular formula is C59H58S. The van der Waals surface area contributed by atoms with Crippen LogP contribution in [0.4, 0.5) is 0 Å². The molecule has 0 radical (unpaired) electrons. The lowest BCUT2D eigenvalue weighted by Crippen LogP contribution is -2.10. The van der Waals surface area contributed by atoms with Crippen molar-refractivity contribution in [1.29, 1.82) is 0 Å². The smallest absolute Gasteiger partial charge is 0.0355 e. The molecule has 1 aromatic heterocycles. The summed E-state index contributed by atoms with van der Waals surface area (Å²) in [6, 6.07) is 51.6. The largest absolute Gasteiger partial charge is 0.135 e. The van der Waals surface area contributed by atoms with E-state index in [1.165, 1.54) is 120 Å². The maximum Gasteiger partial charge on any atom is 0.0355 e. The minimum atomic E-state index is 0.143. The topological polar surface area (TPSA) is 0 Å². The first-order chi connectivity index (χ1) is 28.7. The summed E-state index contributed by atoms with van der Waals surface area (Å²) in [5, 5.41) is 7.98. The van der Waals surface area contributed by atoms with Gasteiger partial charge < -0.3 is 0 Å². The highest BCUT2D eigenvalue weighted by Crippen LogP contribution is 2.43. The van der Waals surface area contributed by atoms with Crippen molar-refractivity contribution in [2.45, 2.75) is 99.3 Å². The second-order valence-electron chi connectivity index (χ2n) is 19.2. The number of hydrogen-bond donors (Lipinski definition) is 0. The Labute approximate surface area is 362 Å². The van der Waals surface area contributed by atoms with Gasteiger partial charge in [0, 0.05) is 20.2 Å². The molecule has 0 unspecified atom stereocenters. The zero-order valence-corrected chi connectivity index (χ0v) is 38.2. The number of benzene rings is 8. The van der Waals surface area contributed by atoms with Crippen molar-refractivity contribution < 1.29 is 0 Å². The van der Waals surface area contributed by atoms with Gasteiger partial charge in [0.2, 0.25) is 0 Å². The fraction of sp³-hybridized carbons (Fsp3) is 0.254. The molecule has 0 saturated heterocycles. The lowest BCUT2D eigenvalue weighted by atomic mass is 9.81. The maximum absolute atomic E-state index is 2.47. The molecule has 1 heteroatoms. The summed E-state index contributed by atoms with van der Waals surface area (Å²) >= 11 is 1.89. The van der Waals surface area contributed by atoms with Crippen molar-refractivity contribution >= 4 is 53.1 Å². The Morgan fingerprint density at radius 1 is 0.383 bits per heavy atom. The van der Waals surface area contributed by atoms with Gasteiger partial charge in [0.05, 0.1) is 0 Å². The third-order valence-corrected chi connectivity index (χ3v) is 14.3. The van der Waals surface area contributed by atoms with Crippen LogP contribution < -0.4 is 0 Å². The van der Waals surface area contributed by atoms with E-state index in [0.29, 0.717) is 17.8 Å². The van der Waals surface area contributed by atoms with Gasteiger partial charge in [0.15, 0.2) is 0 Å². The van der Waals surface area contributed by atoms with Gasteiger partial charge in [-0.3, -0.25) is 0 Å². The van der Waals surface area contributed by atoms with Crippen molar-refractivity contribution in [2.75, 3.05) is 0 Å². The van der Waals surface area contributed by atoms with Crippen LogP contribution in [0, 0.1) is 13.8 Å². The van der Waals surface area contributed by atoms with Gasteiger partial charge in [-0.25, -0.2) is 0 Å². The second-order valence-corrected chi connectivity index (χ2v) is 20.3. The molecule has 0 aliphatic rings. The molecule has 60 heavy (non-hydrogen) atoms. The summed E-state index contributed by atoms with van der Waals surface area (Å²) in [7, 11) is 0. The number of fused-ring (bicyclic) bond motifs is 5. The molecule has 0 aliphatic heterocycles. The van der Waals surface area contributed by atoms with E-state index in [1.807, 2.05) is 11.3 Å². The van der Waals surface area contributed by atoms with E-state index in [1.54, 1.807) is 0 Å². The molecule has 0 spiro atoms. The van der Waals surface area contributed by atoms with E-state index < -0.39 is 0 Å². The van der Waals surface area contributed by atoms with E-state index >= 15 is 0 Å². The SMILES string of the molecule is Cc1c2ccc(-c3ccc4sc5ccc(-c6ccc(C(C)(C)C)cc6)cc5c4c3)cc2c(C)c2ccc(-c3cccc(-c4c(C(C)C)cc(C(C)C)cc4C(C)C)c3)cc12. The average Bonchev–Trinajstić information content (AvgIpc) is 3.61. The van der Waals surface area contributed by atoms with Gasteiger partial charge in [0.25, 0.3) is 0 Å². The van der Waals surface area contributed by atoms with Gasteiger partial charge >= 0.3 is 0 Å². The first kappa shape index (κ1) is 39.9. The van der Waals surface area contributed by atoms with E-state index in [2.05, 4.69) is 210 Å². The van der Waals surface area contributed by atoms with Crippen molar-refractivity contribution in [3.63, 3.8) is 0 Å². The zero-order valence-electron chi connectivity index (χ0n) is 37.3. The molecule has 0 nitrogen and oxygen atoms in total. The van der Waals surface area contributed by atoms with Crippen molar-refractivity contribution in [2.24, 2.45) is 0 Å². The van der Waals surface area contributed by atoms with Crippen LogP contribution in [0.1, 0.15) is 113 Å². The van der Waals surface area contributed by atoms with Crippen LogP contribution in [0.5, 0.6) is 0 Å². The fourth-order valence-corrected chi connectivity index (χ4v) is 10.5. The van der Waals surface area contributed by atoms with Crippen LogP contribution in [0.15, 0.2) is 133 Å². The number of aryl methyl sites for hydroxylation is 2.